The molecule has 0 radical (unpaired) electrons. The van der Waals surface area contributed by atoms with Crippen LogP contribution in [0.5, 0.6) is 0 Å². The molecule has 1 aromatic carbocycles. The zero-order chi connectivity index (χ0) is 16.2. The number of hydrogen-bond donors (Lipinski definition) is 0. The Labute approximate surface area is 121 Å². The van der Waals surface area contributed by atoms with E-state index in [4.69, 9.17) is 4.74 Å². The van der Waals surface area contributed by atoms with Gasteiger partial charge in [-0.3, -0.25) is 0 Å². The Balaban J connectivity index is 3.08. The number of benzene rings is 1. The maximum absolute atomic E-state index is 11.3. The molecule has 0 unspecified atom stereocenters. The molecule has 0 saturated carbocycles. The van der Waals surface area contributed by atoms with Crippen LogP contribution in [0.15, 0.2) is 24.3 Å². The molecule has 0 aliphatic carbocycles. The monoisotopic (exact) mass is 290 g/mol. The number of esters is 1. The molecule has 0 amide bonds. The fourth-order valence-electron chi connectivity index (χ4n) is 1.85. The van der Waals surface area contributed by atoms with E-state index >= 15 is 0 Å². The van der Waals surface area contributed by atoms with Crippen molar-refractivity contribution in [2.75, 3.05) is 6.61 Å². The Morgan fingerprint density at radius 1 is 1.19 bits per heavy atom. The van der Waals surface area contributed by atoms with E-state index < -0.39 is 29.0 Å². The third-order valence-corrected chi connectivity index (χ3v) is 2.90. The van der Waals surface area contributed by atoms with Crippen molar-refractivity contribution in [1.82, 2.24) is 0 Å². The zero-order valence-corrected chi connectivity index (χ0v) is 11.7. The van der Waals surface area contributed by atoms with Crippen LogP contribution < -0.4 is 10.2 Å². The number of carboxylic acid groups (broad SMARTS) is 2. The summed E-state index contributed by atoms with van der Waals surface area (Å²) in [4.78, 5) is 33.4. The minimum absolute atomic E-state index is 0.0509. The first-order chi connectivity index (χ1) is 9.75. The SMILES string of the molecule is C=C(C)C(=O)OCCc1c(C)ccc(C(=O)[O-])c1C(=O)[O-]. The molecule has 1 aromatic rings. The number of carboxylic acids is 2. The second-order valence-corrected chi connectivity index (χ2v) is 4.52. The number of rotatable bonds is 6. The normalized spacial score (nSPS) is 10.0. The van der Waals surface area contributed by atoms with Crippen LogP contribution in [0.3, 0.4) is 0 Å². The maximum atomic E-state index is 11.3. The largest absolute Gasteiger partial charge is 0.545 e. The van der Waals surface area contributed by atoms with E-state index in [1.54, 1.807) is 6.92 Å². The van der Waals surface area contributed by atoms with Gasteiger partial charge >= 0.3 is 5.97 Å². The molecule has 0 aromatic heterocycles. The molecule has 0 N–H and O–H groups in total. The van der Waals surface area contributed by atoms with Crippen molar-refractivity contribution in [3.8, 4) is 0 Å². The van der Waals surface area contributed by atoms with Crippen LogP contribution in [0.2, 0.25) is 0 Å². The molecule has 0 saturated heterocycles. The molecule has 6 nitrogen and oxygen atoms in total. The molecule has 0 aliphatic heterocycles. The minimum Gasteiger partial charge on any atom is -0.545 e. The van der Waals surface area contributed by atoms with E-state index in [0.717, 1.165) is 6.07 Å². The van der Waals surface area contributed by atoms with Gasteiger partial charge in [-0.25, -0.2) is 4.79 Å². The van der Waals surface area contributed by atoms with Crippen molar-refractivity contribution in [2.24, 2.45) is 0 Å². The molecule has 0 atom stereocenters. The Morgan fingerprint density at radius 3 is 2.29 bits per heavy atom. The molecule has 0 heterocycles. The summed E-state index contributed by atoms with van der Waals surface area (Å²) in [5.74, 6) is -3.81. The van der Waals surface area contributed by atoms with Gasteiger partial charge in [-0.05, 0) is 25.0 Å². The van der Waals surface area contributed by atoms with E-state index in [9.17, 15) is 24.6 Å². The topological polar surface area (TPSA) is 107 Å². The van der Waals surface area contributed by atoms with Gasteiger partial charge in [0.15, 0.2) is 0 Å². The van der Waals surface area contributed by atoms with Crippen LogP contribution in [-0.2, 0) is 16.0 Å². The second kappa shape index (κ2) is 6.69. The van der Waals surface area contributed by atoms with Crippen LogP contribution in [0.4, 0.5) is 0 Å². The summed E-state index contributed by atoms with van der Waals surface area (Å²) in [7, 11) is 0. The third-order valence-electron chi connectivity index (χ3n) is 2.90. The Morgan fingerprint density at radius 2 is 1.81 bits per heavy atom. The fourth-order valence-corrected chi connectivity index (χ4v) is 1.85. The summed E-state index contributed by atoms with van der Waals surface area (Å²) in [6.45, 7) is 6.43. The van der Waals surface area contributed by atoms with Gasteiger partial charge in [-0.2, -0.15) is 0 Å². The number of carbonyl (C=O) groups excluding carboxylic acids is 3. The standard InChI is InChI=1S/C15H16O6/c1-8(2)15(20)21-7-6-10-9(3)4-5-11(13(16)17)12(10)14(18)19/h4-5H,1,6-7H2,2-3H3,(H,16,17)(H,18,19)/p-2. The third kappa shape index (κ3) is 3.92. The molecule has 0 spiro atoms. The van der Waals surface area contributed by atoms with E-state index in [1.165, 1.54) is 13.0 Å². The number of aryl methyl sites for hydroxylation is 1. The molecular formula is C15H14O6-2. The average molecular weight is 290 g/mol. The van der Waals surface area contributed by atoms with Crippen molar-refractivity contribution in [3.05, 3.63) is 46.5 Å². The fraction of sp³-hybridized carbons (Fsp3) is 0.267. The lowest BCUT2D eigenvalue weighted by Crippen LogP contribution is -2.32. The number of aromatic carboxylic acids is 2. The molecule has 1 rings (SSSR count). The van der Waals surface area contributed by atoms with E-state index in [1.807, 2.05) is 0 Å². The summed E-state index contributed by atoms with van der Waals surface area (Å²) in [5.41, 5.74) is 0.121. The van der Waals surface area contributed by atoms with Crippen molar-refractivity contribution in [2.45, 2.75) is 20.3 Å². The summed E-state index contributed by atoms with van der Waals surface area (Å²) < 4.78 is 4.88. The molecular weight excluding hydrogens is 276 g/mol. The number of hydrogen-bond acceptors (Lipinski definition) is 6. The zero-order valence-electron chi connectivity index (χ0n) is 11.7. The number of ether oxygens (including phenoxy) is 1. The summed E-state index contributed by atoms with van der Waals surface area (Å²) in [5, 5.41) is 22.1. The first-order valence-electron chi connectivity index (χ1n) is 6.13. The first kappa shape index (κ1) is 16.4. The highest BCUT2D eigenvalue weighted by Crippen LogP contribution is 2.19. The molecule has 21 heavy (non-hydrogen) atoms. The highest BCUT2D eigenvalue weighted by molar-refractivity contribution is 6.01. The van der Waals surface area contributed by atoms with Gasteiger partial charge in [-0.1, -0.05) is 18.7 Å². The Bertz CT molecular complexity index is 615. The van der Waals surface area contributed by atoms with Crippen LogP contribution in [-0.4, -0.2) is 24.5 Å². The average Bonchev–Trinajstić information content (AvgIpc) is 2.39. The van der Waals surface area contributed by atoms with Crippen molar-refractivity contribution >= 4 is 17.9 Å². The quantitative estimate of drug-likeness (QED) is 0.510. The lowest BCUT2D eigenvalue weighted by Gasteiger charge is -2.18. The second-order valence-electron chi connectivity index (χ2n) is 4.52. The highest BCUT2D eigenvalue weighted by Gasteiger charge is 2.14. The Hall–Kier alpha value is -2.63. The predicted octanol–water partition coefficient (Wildman–Crippen LogP) is -0.616. The van der Waals surface area contributed by atoms with Crippen LogP contribution in [0.1, 0.15) is 38.8 Å². The number of carbonyl (C=O) groups is 3. The smallest absolute Gasteiger partial charge is 0.333 e. The van der Waals surface area contributed by atoms with Gasteiger partial charge in [-0.15, -0.1) is 0 Å². The summed E-state index contributed by atoms with van der Waals surface area (Å²) >= 11 is 0. The van der Waals surface area contributed by atoms with E-state index in [2.05, 4.69) is 6.58 Å². The van der Waals surface area contributed by atoms with Gasteiger partial charge in [0.1, 0.15) is 0 Å². The summed E-state index contributed by atoms with van der Waals surface area (Å²) in [6, 6.07) is 2.62. The molecule has 112 valence electrons. The van der Waals surface area contributed by atoms with Gasteiger partial charge in [0, 0.05) is 23.1 Å². The van der Waals surface area contributed by atoms with Crippen LogP contribution >= 0.6 is 0 Å². The molecule has 0 fully saturated rings. The van der Waals surface area contributed by atoms with E-state index in [-0.39, 0.29) is 24.2 Å². The van der Waals surface area contributed by atoms with Crippen molar-refractivity contribution in [3.63, 3.8) is 0 Å². The Kier molecular flexibility index (Phi) is 5.24. The van der Waals surface area contributed by atoms with E-state index in [0.29, 0.717) is 5.56 Å². The summed E-state index contributed by atoms with van der Waals surface area (Å²) in [6.07, 6.45) is 0.0509. The molecule has 0 bridgehead atoms. The minimum atomic E-state index is -1.61. The van der Waals surface area contributed by atoms with Gasteiger partial charge in [0.05, 0.1) is 18.5 Å². The lowest BCUT2D eigenvalue weighted by atomic mass is 9.94. The highest BCUT2D eigenvalue weighted by atomic mass is 16.5. The molecule has 0 aliphatic rings. The van der Waals surface area contributed by atoms with Gasteiger partial charge in [0.2, 0.25) is 0 Å². The first-order valence-corrected chi connectivity index (χ1v) is 6.13. The van der Waals surface area contributed by atoms with Crippen LogP contribution in [0, 0.1) is 6.92 Å². The van der Waals surface area contributed by atoms with Crippen LogP contribution in [0.25, 0.3) is 0 Å². The van der Waals surface area contributed by atoms with Gasteiger partial charge < -0.3 is 24.5 Å². The molecule has 6 heteroatoms. The van der Waals surface area contributed by atoms with Crippen molar-refractivity contribution in [1.29, 1.82) is 0 Å². The maximum Gasteiger partial charge on any atom is 0.333 e. The predicted molar refractivity (Wildman–Crippen MR) is 69.3 cm³/mol. The van der Waals surface area contributed by atoms with Crippen molar-refractivity contribution < 1.29 is 29.3 Å². The van der Waals surface area contributed by atoms with Gasteiger partial charge in [0.25, 0.3) is 0 Å². The lowest BCUT2D eigenvalue weighted by molar-refractivity contribution is -0.259.